The molecule has 0 spiro atoms. The number of amides is 3. The Balaban J connectivity index is 3.47. The van der Waals surface area contributed by atoms with E-state index in [1.165, 1.54) is 6.92 Å². The number of rotatable bonds is 6. The highest BCUT2D eigenvalue weighted by Gasteiger charge is 2.27. The van der Waals surface area contributed by atoms with Crippen LogP contribution in [0, 0.1) is 10.7 Å². The minimum atomic E-state index is -1.10. The van der Waals surface area contributed by atoms with Crippen molar-refractivity contribution in [1.29, 1.82) is 0 Å². The Kier molecular flexibility index (Phi) is 8.57. The van der Waals surface area contributed by atoms with Gasteiger partial charge in [0.1, 0.15) is 0 Å². The number of benzene rings is 1. The highest BCUT2D eigenvalue weighted by atomic mass is 127. The molecular weight excluding hydrogens is 659 g/mol. The highest BCUT2D eigenvalue weighted by molar-refractivity contribution is 14.1. The van der Waals surface area contributed by atoms with Crippen molar-refractivity contribution in [3.05, 3.63) is 21.8 Å². The van der Waals surface area contributed by atoms with Crippen molar-refractivity contribution in [3.63, 3.8) is 0 Å². The van der Waals surface area contributed by atoms with Crippen molar-refractivity contribution in [1.82, 2.24) is 5.32 Å². The molecule has 0 aliphatic heterocycles. The summed E-state index contributed by atoms with van der Waals surface area (Å²) >= 11 is 5.63. The molecule has 0 fully saturated rings. The Morgan fingerprint density at radius 3 is 2.12 bits per heavy atom. The van der Waals surface area contributed by atoms with Crippen LogP contribution in [0.3, 0.4) is 0 Å². The number of halogens is 3. The normalized spacial score (nSPS) is 11.8. The molecule has 0 aromatic heterocycles. The molecule has 0 saturated carbocycles. The number of aliphatic hydroxyl groups excluding tert-OH is 2. The first-order valence-electron chi connectivity index (χ1n) is 6.46. The van der Waals surface area contributed by atoms with Crippen molar-refractivity contribution >= 4 is 91.2 Å². The van der Waals surface area contributed by atoms with E-state index >= 15 is 0 Å². The molecular formula is C13H14I3N3O5. The number of aliphatic hydroxyl groups is 2. The lowest BCUT2D eigenvalue weighted by Gasteiger charge is -2.18. The molecule has 1 aromatic rings. The van der Waals surface area contributed by atoms with Gasteiger partial charge in [-0.1, -0.05) is 0 Å². The number of nitrogens with one attached hydrogen (secondary N) is 2. The Labute approximate surface area is 178 Å². The van der Waals surface area contributed by atoms with Crippen LogP contribution in [0.5, 0.6) is 0 Å². The van der Waals surface area contributed by atoms with Gasteiger partial charge in [-0.3, -0.25) is 14.4 Å². The van der Waals surface area contributed by atoms with E-state index in [0.29, 0.717) is 16.4 Å². The molecule has 0 aliphatic carbocycles. The predicted molar refractivity (Wildman–Crippen MR) is 113 cm³/mol. The molecule has 1 aromatic carbocycles. The summed E-state index contributed by atoms with van der Waals surface area (Å²) in [6, 6.07) is 0. The molecule has 8 nitrogen and oxygen atoms in total. The lowest BCUT2D eigenvalue weighted by molar-refractivity contribution is -0.114. The van der Waals surface area contributed by atoms with Gasteiger partial charge < -0.3 is 26.6 Å². The Morgan fingerprint density at radius 2 is 1.67 bits per heavy atom. The number of carbonyl (C=O) groups is 3. The van der Waals surface area contributed by atoms with E-state index in [0.717, 1.165) is 0 Å². The van der Waals surface area contributed by atoms with Gasteiger partial charge in [0.05, 0.1) is 36.7 Å². The van der Waals surface area contributed by atoms with Crippen molar-refractivity contribution < 1.29 is 24.6 Å². The van der Waals surface area contributed by atoms with Gasteiger partial charge in [-0.2, -0.15) is 0 Å². The Bertz CT molecular complexity index is 696. The molecule has 24 heavy (non-hydrogen) atoms. The van der Waals surface area contributed by atoms with Crippen LogP contribution in [0.4, 0.5) is 5.69 Å². The van der Waals surface area contributed by atoms with Crippen LogP contribution in [0.25, 0.3) is 0 Å². The number of hydrogen-bond donors (Lipinski definition) is 5. The second-order valence-corrected chi connectivity index (χ2v) is 7.90. The number of carbonyl (C=O) groups excluding carboxylic acids is 3. The van der Waals surface area contributed by atoms with Crippen LogP contribution < -0.4 is 16.4 Å². The van der Waals surface area contributed by atoms with E-state index in [4.69, 9.17) is 10.8 Å². The Morgan fingerprint density at radius 1 is 1.12 bits per heavy atom. The smallest absolute Gasteiger partial charge is 0.253 e. The second kappa shape index (κ2) is 9.44. The number of hydrogen-bond acceptors (Lipinski definition) is 5. The van der Waals surface area contributed by atoms with Crippen LogP contribution in [0.15, 0.2) is 0 Å². The quantitative estimate of drug-likeness (QED) is 0.282. The first kappa shape index (κ1) is 21.8. The zero-order valence-corrected chi connectivity index (χ0v) is 18.8. The van der Waals surface area contributed by atoms with Crippen molar-refractivity contribution in [2.24, 2.45) is 5.73 Å². The molecule has 0 heterocycles. The molecule has 0 saturated heterocycles. The van der Waals surface area contributed by atoms with E-state index in [2.05, 4.69) is 10.6 Å². The number of primary amides is 1. The standard InChI is InChI=1S/C13H14I3N3O5/c1-4(21)19-11-9(15)6(12(17)23)8(14)7(10(11)16)13(24)18-2-5(22)3-20/h5,20,22H,2-3H2,1H3,(H2,17,23)(H,18,24)(H,19,21). The summed E-state index contributed by atoms with van der Waals surface area (Å²) in [6.45, 7) is 0.658. The SMILES string of the molecule is CC(=O)Nc1c(I)c(C(N)=O)c(I)c(C(=O)NCC(O)CO)c1I. The van der Waals surface area contributed by atoms with Crippen LogP contribution in [0.1, 0.15) is 27.6 Å². The van der Waals surface area contributed by atoms with Gasteiger partial charge >= 0.3 is 0 Å². The predicted octanol–water partition coefficient (Wildman–Crippen LogP) is 0.641. The fourth-order valence-corrected chi connectivity index (χ4v) is 6.19. The molecule has 6 N–H and O–H groups in total. The van der Waals surface area contributed by atoms with E-state index in [9.17, 15) is 19.5 Å². The number of anilines is 1. The van der Waals surface area contributed by atoms with Crippen molar-refractivity contribution in [2.75, 3.05) is 18.5 Å². The fourth-order valence-electron chi connectivity index (χ4n) is 1.73. The van der Waals surface area contributed by atoms with Crippen LogP contribution >= 0.6 is 67.8 Å². The summed E-state index contributed by atoms with van der Waals surface area (Å²) in [7, 11) is 0. The summed E-state index contributed by atoms with van der Waals surface area (Å²) in [5, 5.41) is 23.2. The van der Waals surface area contributed by atoms with Gasteiger partial charge in [-0.25, -0.2) is 0 Å². The van der Waals surface area contributed by atoms with Gasteiger partial charge in [0, 0.05) is 17.0 Å². The van der Waals surface area contributed by atoms with Crippen LogP contribution in [-0.4, -0.2) is 47.2 Å². The van der Waals surface area contributed by atoms with Gasteiger partial charge in [-0.05, 0) is 67.8 Å². The summed E-state index contributed by atoms with van der Waals surface area (Å²) in [5.41, 5.74) is 6.03. The monoisotopic (exact) mass is 673 g/mol. The molecule has 3 amide bonds. The molecule has 0 bridgehead atoms. The molecule has 0 radical (unpaired) electrons. The molecule has 132 valence electrons. The van der Waals surface area contributed by atoms with E-state index in [1.807, 2.05) is 67.8 Å². The molecule has 0 aliphatic rings. The third-order valence-electron chi connectivity index (χ3n) is 2.80. The lowest BCUT2D eigenvalue weighted by Crippen LogP contribution is -2.35. The van der Waals surface area contributed by atoms with Gasteiger partial charge in [0.2, 0.25) is 5.91 Å². The van der Waals surface area contributed by atoms with E-state index < -0.39 is 24.5 Å². The van der Waals surface area contributed by atoms with E-state index in [1.54, 1.807) is 0 Å². The van der Waals surface area contributed by atoms with Gasteiger partial charge in [-0.15, -0.1) is 0 Å². The summed E-state index contributed by atoms with van der Waals surface area (Å²) in [5.74, 6) is -1.64. The molecule has 1 rings (SSSR count). The highest BCUT2D eigenvalue weighted by Crippen LogP contribution is 2.35. The third kappa shape index (κ3) is 5.12. The first-order chi connectivity index (χ1) is 11.1. The third-order valence-corrected chi connectivity index (χ3v) is 6.04. The average molecular weight is 673 g/mol. The zero-order chi connectivity index (χ0) is 18.6. The van der Waals surface area contributed by atoms with Crippen LogP contribution in [0.2, 0.25) is 0 Å². The first-order valence-corrected chi connectivity index (χ1v) is 9.70. The molecule has 1 unspecified atom stereocenters. The van der Waals surface area contributed by atoms with E-state index in [-0.39, 0.29) is 23.6 Å². The van der Waals surface area contributed by atoms with Crippen LogP contribution in [-0.2, 0) is 4.79 Å². The number of nitrogens with two attached hydrogens (primary N) is 1. The van der Waals surface area contributed by atoms with Gasteiger partial charge in [0.15, 0.2) is 0 Å². The van der Waals surface area contributed by atoms with Crippen molar-refractivity contribution in [3.8, 4) is 0 Å². The minimum Gasteiger partial charge on any atom is -0.394 e. The maximum atomic E-state index is 12.5. The minimum absolute atomic E-state index is 0.133. The summed E-state index contributed by atoms with van der Waals surface area (Å²) in [4.78, 5) is 35.6. The fraction of sp³-hybridized carbons (Fsp3) is 0.308. The van der Waals surface area contributed by atoms with Crippen molar-refractivity contribution in [2.45, 2.75) is 13.0 Å². The van der Waals surface area contributed by atoms with Gasteiger partial charge in [0.25, 0.3) is 11.8 Å². The zero-order valence-electron chi connectivity index (χ0n) is 12.3. The topological polar surface area (TPSA) is 142 Å². The largest absolute Gasteiger partial charge is 0.394 e. The lowest BCUT2D eigenvalue weighted by atomic mass is 10.1. The summed E-state index contributed by atoms with van der Waals surface area (Å²) in [6.07, 6.45) is -1.10. The maximum absolute atomic E-state index is 12.5. The second-order valence-electron chi connectivity index (χ2n) is 4.66. The Hall–Kier alpha value is -0.260. The molecule has 11 heteroatoms. The average Bonchev–Trinajstić information content (AvgIpc) is 2.48. The summed E-state index contributed by atoms with van der Waals surface area (Å²) < 4.78 is 1.23. The molecule has 1 atom stereocenters. The maximum Gasteiger partial charge on any atom is 0.253 e.